The first-order valence-electron chi connectivity index (χ1n) is 7.81. The molecule has 0 spiro atoms. The summed E-state index contributed by atoms with van der Waals surface area (Å²) < 4.78 is 22.3. The Morgan fingerprint density at radius 2 is 1.84 bits per heavy atom. The largest absolute Gasteiger partial charge is 0.317 e. The van der Waals surface area contributed by atoms with E-state index in [1.54, 1.807) is 0 Å². The van der Waals surface area contributed by atoms with Crippen molar-refractivity contribution < 1.29 is 8.42 Å². The van der Waals surface area contributed by atoms with Crippen molar-refractivity contribution in [3.63, 3.8) is 0 Å². The van der Waals surface area contributed by atoms with E-state index in [9.17, 15) is 8.42 Å². The van der Waals surface area contributed by atoms with Crippen LogP contribution in [0.4, 0.5) is 0 Å². The highest BCUT2D eigenvalue weighted by molar-refractivity contribution is 7.90. The van der Waals surface area contributed by atoms with Crippen molar-refractivity contribution in [2.24, 2.45) is 11.8 Å². The fraction of sp³-hybridized carbons (Fsp3) is 1.00. The van der Waals surface area contributed by atoms with E-state index in [0.717, 1.165) is 24.7 Å². The average molecular weight is 289 g/mol. The zero-order chi connectivity index (χ0) is 14.3. The van der Waals surface area contributed by atoms with Gasteiger partial charge in [0.05, 0.1) is 0 Å². The van der Waals surface area contributed by atoms with Crippen molar-refractivity contribution in [2.45, 2.75) is 64.3 Å². The summed E-state index contributed by atoms with van der Waals surface area (Å²) in [6.07, 6.45) is 11.2. The summed E-state index contributed by atoms with van der Waals surface area (Å²) in [6, 6.07) is 0.504. The van der Waals surface area contributed by atoms with Crippen molar-refractivity contribution in [3.05, 3.63) is 0 Å². The standard InChI is InChI=1S/C15H31NO2S/c1-4-6-13-8-10-14(11-9-13)15(16-2)7-5-12-19(3,17)18/h13-16H,4-12H2,1-3H3. The summed E-state index contributed by atoms with van der Waals surface area (Å²) in [7, 11) is -0.786. The van der Waals surface area contributed by atoms with Crippen molar-refractivity contribution in [1.82, 2.24) is 5.32 Å². The van der Waals surface area contributed by atoms with Crippen LogP contribution in [-0.2, 0) is 9.84 Å². The summed E-state index contributed by atoms with van der Waals surface area (Å²) in [5.41, 5.74) is 0. The number of hydrogen-bond acceptors (Lipinski definition) is 3. The zero-order valence-electron chi connectivity index (χ0n) is 12.8. The molecule has 19 heavy (non-hydrogen) atoms. The molecule has 0 radical (unpaired) electrons. The van der Waals surface area contributed by atoms with Crippen LogP contribution in [0.3, 0.4) is 0 Å². The molecule has 1 N–H and O–H groups in total. The normalized spacial score (nSPS) is 26.3. The first-order valence-corrected chi connectivity index (χ1v) is 9.87. The van der Waals surface area contributed by atoms with Gasteiger partial charge >= 0.3 is 0 Å². The molecular formula is C15H31NO2S. The molecule has 1 atom stereocenters. The monoisotopic (exact) mass is 289 g/mol. The van der Waals surface area contributed by atoms with Gasteiger partial charge in [-0.05, 0) is 44.6 Å². The predicted octanol–water partition coefficient (Wildman–Crippen LogP) is 3.01. The van der Waals surface area contributed by atoms with Crippen LogP contribution in [-0.4, -0.2) is 33.5 Å². The molecule has 0 bridgehead atoms. The molecular weight excluding hydrogens is 258 g/mol. The van der Waals surface area contributed by atoms with Gasteiger partial charge in [-0.2, -0.15) is 0 Å². The van der Waals surface area contributed by atoms with Gasteiger partial charge in [-0.25, -0.2) is 8.42 Å². The second-order valence-corrected chi connectivity index (χ2v) is 8.50. The molecule has 114 valence electrons. The Bertz CT molecular complexity index is 332. The second kappa shape index (κ2) is 8.25. The van der Waals surface area contributed by atoms with Crippen molar-refractivity contribution in [1.29, 1.82) is 0 Å². The number of hydrogen-bond donors (Lipinski definition) is 1. The molecule has 0 aromatic rings. The minimum Gasteiger partial charge on any atom is -0.317 e. The van der Waals surface area contributed by atoms with Crippen LogP contribution >= 0.6 is 0 Å². The summed E-state index contributed by atoms with van der Waals surface area (Å²) in [6.45, 7) is 2.27. The molecule has 1 saturated carbocycles. The maximum absolute atomic E-state index is 11.2. The van der Waals surface area contributed by atoms with E-state index >= 15 is 0 Å². The molecule has 1 rings (SSSR count). The van der Waals surface area contributed by atoms with Crippen LogP contribution in [0.5, 0.6) is 0 Å². The molecule has 1 aliphatic rings. The Kier molecular flexibility index (Phi) is 7.37. The van der Waals surface area contributed by atoms with Crippen LogP contribution in [0.2, 0.25) is 0 Å². The van der Waals surface area contributed by atoms with Gasteiger partial charge < -0.3 is 5.32 Å². The van der Waals surface area contributed by atoms with Gasteiger partial charge in [0, 0.05) is 18.1 Å². The molecule has 0 saturated heterocycles. The summed E-state index contributed by atoms with van der Waals surface area (Å²) in [4.78, 5) is 0. The topological polar surface area (TPSA) is 46.2 Å². The van der Waals surface area contributed by atoms with Gasteiger partial charge in [-0.1, -0.05) is 32.6 Å². The summed E-state index contributed by atoms with van der Waals surface area (Å²) >= 11 is 0. The minimum atomic E-state index is -2.80. The predicted molar refractivity (Wildman–Crippen MR) is 82.1 cm³/mol. The molecule has 1 unspecified atom stereocenters. The lowest BCUT2D eigenvalue weighted by atomic mass is 9.76. The zero-order valence-corrected chi connectivity index (χ0v) is 13.6. The first kappa shape index (κ1) is 17.0. The molecule has 0 amide bonds. The van der Waals surface area contributed by atoms with Crippen LogP contribution in [0.1, 0.15) is 58.3 Å². The van der Waals surface area contributed by atoms with Gasteiger partial charge in [-0.15, -0.1) is 0 Å². The molecule has 0 aromatic carbocycles. The quantitative estimate of drug-likeness (QED) is 0.747. The van der Waals surface area contributed by atoms with Gasteiger partial charge in [0.2, 0.25) is 0 Å². The molecule has 1 aliphatic carbocycles. The molecule has 3 nitrogen and oxygen atoms in total. The van der Waals surface area contributed by atoms with Gasteiger partial charge in [-0.3, -0.25) is 0 Å². The van der Waals surface area contributed by atoms with Gasteiger partial charge in [0.15, 0.2) is 0 Å². The maximum atomic E-state index is 11.2. The van der Waals surface area contributed by atoms with Crippen LogP contribution in [0.15, 0.2) is 0 Å². The molecule has 0 aromatic heterocycles. The van der Waals surface area contributed by atoms with E-state index in [1.165, 1.54) is 44.8 Å². The van der Waals surface area contributed by atoms with Gasteiger partial charge in [0.25, 0.3) is 0 Å². The lowest BCUT2D eigenvalue weighted by Gasteiger charge is -2.34. The minimum absolute atomic E-state index is 0.330. The molecule has 0 heterocycles. The second-order valence-electron chi connectivity index (χ2n) is 6.24. The van der Waals surface area contributed by atoms with Crippen LogP contribution < -0.4 is 5.32 Å². The Morgan fingerprint density at radius 3 is 2.32 bits per heavy atom. The van der Waals surface area contributed by atoms with Crippen molar-refractivity contribution in [2.75, 3.05) is 19.1 Å². The third-order valence-corrected chi connectivity index (χ3v) is 5.59. The fourth-order valence-electron chi connectivity index (χ4n) is 3.47. The van der Waals surface area contributed by atoms with Crippen LogP contribution in [0.25, 0.3) is 0 Å². The Hall–Kier alpha value is -0.0900. The van der Waals surface area contributed by atoms with E-state index in [2.05, 4.69) is 12.2 Å². The lowest BCUT2D eigenvalue weighted by molar-refractivity contribution is 0.212. The Labute approximate surface area is 119 Å². The average Bonchev–Trinajstić information content (AvgIpc) is 2.35. The van der Waals surface area contributed by atoms with E-state index in [1.807, 2.05) is 7.05 Å². The van der Waals surface area contributed by atoms with E-state index in [-0.39, 0.29) is 0 Å². The van der Waals surface area contributed by atoms with Gasteiger partial charge in [0.1, 0.15) is 9.84 Å². The number of rotatable bonds is 8. The summed E-state index contributed by atoms with van der Waals surface area (Å²) in [5.74, 6) is 2.02. The third-order valence-electron chi connectivity index (χ3n) is 4.56. The van der Waals surface area contributed by atoms with Crippen molar-refractivity contribution >= 4 is 9.84 Å². The van der Waals surface area contributed by atoms with Crippen molar-refractivity contribution in [3.8, 4) is 0 Å². The molecule has 4 heteroatoms. The van der Waals surface area contributed by atoms with E-state index < -0.39 is 9.84 Å². The first-order chi connectivity index (χ1) is 8.96. The maximum Gasteiger partial charge on any atom is 0.147 e. The highest BCUT2D eigenvalue weighted by Gasteiger charge is 2.26. The molecule has 0 aliphatic heterocycles. The molecule has 1 fully saturated rings. The third kappa shape index (κ3) is 6.75. The SMILES string of the molecule is CCCC1CCC(C(CCCS(C)(=O)=O)NC)CC1. The fourth-order valence-corrected chi connectivity index (χ4v) is 4.16. The summed E-state index contributed by atoms with van der Waals surface area (Å²) in [5, 5.41) is 3.41. The Balaban J connectivity index is 2.32. The number of sulfone groups is 1. The smallest absolute Gasteiger partial charge is 0.147 e. The van der Waals surface area contributed by atoms with E-state index in [0.29, 0.717) is 11.8 Å². The highest BCUT2D eigenvalue weighted by Crippen LogP contribution is 2.34. The highest BCUT2D eigenvalue weighted by atomic mass is 32.2. The van der Waals surface area contributed by atoms with Crippen LogP contribution in [0, 0.1) is 11.8 Å². The Morgan fingerprint density at radius 1 is 1.21 bits per heavy atom. The van der Waals surface area contributed by atoms with E-state index in [4.69, 9.17) is 0 Å². The number of nitrogens with one attached hydrogen (secondary N) is 1. The lowest BCUT2D eigenvalue weighted by Crippen LogP contribution is -2.36.